The average molecular weight is 142 g/mol. The number of allylic oxidation sites excluding steroid dienone is 3. The molecule has 9 heavy (non-hydrogen) atoms. The zero-order valence-corrected chi connectivity index (χ0v) is 6.99. The lowest BCUT2D eigenvalue weighted by atomic mass is 10.2. The van der Waals surface area contributed by atoms with Crippen molar-refractivity contribution in [2.24, 2.45) is 0 Å². The van der Waals surface area contributed by atoms with Gasteiger partial charge < -0.3 is 0 Å². The van der Waals surface area contributed by atoms with Crippen molar-refractivity contribution in [3.63, 3.8) is 0 Å². The van der Waals surface area contributed by atoms with Gasteiger partial charge in [-0.3, -0.25) is 0 Å². The summed E-state index contributed by atoms with van der Waals surface area (Å²) in [6, 6.07) is 0. The van der Waals surface area contributed by atoms with Crippen LogP contribution in [0, 0.1) is 0 Å². The predicted molar refractivity (Wildman–Crippen MR) is 47.0 cm³/mol. The van der Waals surface area contributed by atoms with E-state index in [1.54, 1.807) is 0 Å². The zero-order chi connectivity index (χ0) is 7.11. The fourth-order valence-electron chi connectivity index (χ4n) is 0.470. The van der Waals surface area contributed by atoms with Crippen LogP contribution in [0.2, 0.25) is 0 Å². The Morgan fingerprint density at radius 3 is 2.67 bits per heavy atom. The Hall–Kier alpha value is -0.170. The molecule has 0 aromatic heterocycles. The normalized spacial score (nSPS) is 13.0. The Morgan fingerprint density at radius 1 is 1.56 bits per heavy atom. The molecule has 0 nitrogen and oxygen atoms in total. The second kappa shape index (κ2) is 5.96. The Labute approximate surface area is 63.1 Å². The predicted octanol–water partition coefficient (Wildman–Crippen LogP) is 2.83. The molecule has 52 valence electrons. The fourth-order valence-corrected chi connectivity index (χ4v) is 0.599. The topological polar surface area (TPSA) is 0 Å². The SMILES string of the molecule is C/C=C\C/C=C(\C)CS. The van der Waals surface area contributed by atoms with E-state index in [9.17, 15) is 0 Å². The molecule has 1 heteroatoms. The molecule has 0 fully saturated rings. The van der Waals surface area contributed by atoms with Crippen molar-refractivity contribution < 1.29 is 0 Å². The molecule has 0 aliphatic rings. The van der Waals surface area contributed by atoms with Crippen molar-refractivity contribution in [3.05, 3.63) is 23.8 Å². The second-order valence-electron chi connectivity index (χ2n) is 2.01. The van der Waals surface area contributed by atoms with Crippen molar-refractivity contribution in [1.29, 1.82) is 0 Å². The summed E-state index contributed by atoms with van der Waals surface area (Å²) in [5.41, 5.74) is 1.34. The van der Waals surface area contributed by atoms with Gasteiger partial charge in [-0.2, -0.15) is 12.6 Å². The van der Waals surface area contributed by atoms with E-state index < -0.39 is 0 Å². The van der Waals surface area contributed by atoms with E-state index >= 15 is 0 Å². The Balaban J connectivity index is 3.43. The summed E-state index contributed by atoms with van der Waals surface area (Å²) in [7, 11) is 0. The minimum Gasteiger partial charge on any atom is -0.175 e. The average Bonchev–Trinajstić information content (AvgIpc) is 1.89. The van der Waals surface area contributed by atoms with E-state index in [-0.39, 0.29) is 0 Å². The summed E-state index contributed by atoms with van der Waals surface area (Å²) < 4.78 is 0. The number of hydrogen-bond acceptors (Lipinski definition) is 1. The largest absolute Gasteiger partial charge is 0.175 e. The first-order valence-corrected chi connectivity index (χ1v) is 3.82. The van der Waals surface area contributed by atoms with Crippen molar-refractivity contribution in [1.82, 2.24) is 0 Å². The molecular weight excluding hydrogens is 128 g/mol. The number of rotatable bonds is 3. The summed E-state index contributed by atoms with van der Waals surface area (Å²) >= 11 is 4.13. The van der Waals surface area contributed by atoms with Gasteiger partial charge in [0.05, 0.1) is 0 Å². The van der Waals surface area contributed by atoms with Crippen molar-refractivity contribution in [2.75, 3.05) is 5.75 Å². The van der Waals surface area contributed by atoms with Gasteiger partial charge in [0.2, 0.25) is 0 Å². The summed E-state index contributed by atoms with van der Waals surface area (Å²) in [4.78, 5) is 0. The molecule has 0 unspecified atom stereocenters. The molecule has 0 heterocycles. The molecule has 0 bridgehead atoms. The van der Waals surface area contributed by atoms with Crippen LogP contribution in [0.3, 0.4) is 0 Å². The third-order valence-electron chi connectivity index (χ3n) is 1.09. The van der Waals surface area contributed by atoms with Crippen LogP contribution >= 0.6 is 12.6 Å². The fraction of sp³-hybridized carbons (Fsp3) is 0.500. The van der Waals surface area contributed by atoms with Gasteiger partial charge in [-0.05, 0) is 20.3 Å². The molecule has 0 aliphatic heterocycles. The van der Waals surface area contributed by atoms with E-state index in [0.29, 0.717) is 0 Å². The number of hydrogen-bond donors (Lipinski definition) is 1. The van der Waals surface area contributed by atoms with Crippen LogP contribution in [0.5, 0.6) is 0 Å². The summed E-state index contributed by atoms with van der Waals surface area (Å²) in [5, 5.41) is 0. The summed E-state index contributed by atoms with van der Waals surface area (Å²) in [6.07, 6.45) is 7.42. The monoisotopic (exact) mass is 142 g/mol. The van der Waals surface area contributed by atoms with E-state index in [2.05, 4.69) is 37.8 Å². The Bertz CT molecular complexity index is 112. The van der Waals surface area contributed by atoms with Gasteiger partial charge in [0.1, 0.15) is 0 Å². The maximum Gasteiger partial charge on any atom is 0.0110 e. The van der Waals surface area contributed by atoms with Crippen LogP contribution < -0.4 is 0 Å². The molecule has 0 amide bonds. The third kappa shape index (κ3) is 5.71. The van der Waals surface area contributed by atoms with Crippen LogP contribution in [0.4, 0.5) is 0 Å². The van der Waals surface area contributed by atoms with Gasteiger partial charge in [-0.1, -0.05) is 23.8 Å². The zero-order valence-electron chi connectivity index (χ0n) is 6.09. The lowest BCUT2D eigenvalue weighted by Crippen LogP contribution is -1.74. The molecule has 0 rings (SSSR count). The van der Waals surface area contributed by atoms with Crippen LogP contribution in [0.15, 0.2) is 23.8 Å². The van der Waals surface area contributed by atoms with Crippen molar-refractivity contribution in [3.8, 4) is 0 Å². The van der Waals surface area contributed by atoms with Crippen LogP contribution in [-0.2, 0) is 0 Å². The third-order valence-corrected chi connectivity index (χ3v) is 1.59. The standard InChI is InChI=1S/C8H14S/c1-3-4-5-6-8(2)7-9/h3-4,6,9H,5,7H2,1-2H3/b4-3-,8-6+. The van der Waals surface area contributed by atoms with Crippen molar-refractivity contribution in [2.45, 2.75) is 20.3 Å². The summed E-state index contributed by atoms with van der Waals surface area (Å²) in [6.45, 7) is 4.13. The Kier molecular flexibility index (Phi) is 5.85. The minimum absolute atomic E-state index is 0.873. The van der Waals surface area contributed by atoms with Crippen molar-refractivity contribution >= 4 is 12.6 Å². The molecule has 0 aromatic rings. The minimum atomic E-state index is 0.873. The highest BCUT2D eigenvalue weighted by molar-refractivity contribution is 7.80. The van der Waals surface area contributed by atoms with Gasteiger partial charge >= 0.3 is 0 Å². The lowest BCUT2D eigenvalue weighted by Gasteiger charge is -1.89. The van der Waals surface area contributed by atoms with Gasteiger partial charge in [0.15, 0.2) is 0 Å². The highest BCUT2D eigenvalue weighted by atomic mass is 32.1. The highest BCUT2D eigenvalue weighted by Crippen LogP contribution is 1.97. The van der Waals surface area contributed by atoms with Gasteiger partial charge in [0.25, 0.3) is 0 Å². The van der Waals surface area contributed by atoms with Crippen LogP contribution in [0.1, 0.15) is 20.3 Å². The lowest BCUT2D eigenvalue weighted by molar-refractivity contribution is 1.28. The van der Waals surface area contributed by atoms with Crippen LogP contribution in [-0.4, -0.2) is 5.75 Å². The smallest absolute Gasteiger partial charge is 0.0110 e. The van der Waals surface area contributed by atoms with E-state index in [4.69, 9.17) is 0 Å². The maximum absolute atomic E-state index is 4.13. The molecule has 0 N–H and O–H groups in total. The van der Waals surface area contributed by atoms with Crippen LogP contribution in [0.25, 0.3) is 0 Å². The van der Waals surface area contributed by atoms with Gasteiger partial charge in [-0.15, -0.1) is 0 Å². The molecule has 0 saturated carbocycles. The first kappa shape index (κ1) is 8.83. The molecule has 0 aliphatic carbocycles. The number of thiol groups is 1. The highest BCUT2D eigenvalue weighted by Gasteiger charge is 1.79. The molecule has 0 radical (unpaired) electrons. The van der Waals surface area contributed by atoms with E-state index in [1.807, 2.05) is 6.92 Å². The summed E-state index contributed by atoms with van der Waals surface area (Å²) in [5.74, 6) is 0.873. The van der Waals surface area contributed by atoms with Gasteiger partial charge in [-0.25, -0.2) is 0 Å². The molecular formula is C8H14S. The molecule has 0 saturated heterocycles. The molecule has 0 spiro atoms. The molecule has 0 aromatic carbocycles. The maximum atomic E-state index is 4.13. The molecule has 0 atom stereocenters. The van der Waals surface area contributed by atoms with E-state index in [0.717, 1.165) is 12.2 Å². The first-order valence-electron chi connectivity index (χ1n) is 3.19. The van der Waals surface area contributed by atoms with Gasteiger partial charge in [0, 0.05) is 5.75 Å². The second-order valence-corrected chi connectivity index (χ2v) is 2.33. The van der Waals surface area contributed by atoms with E-state index in [1.165, 1.54) is 5.57 Å². The first-order chi connectivity index (χ1) is 4.31. The Morgan fingerprint density at radius 2 is 2.22 bits per heavy atom. The quantitative estimate of drug-likeness (QED) is 0.454.